The molecule has 68 valence electrons. The van der Waals surface area contributed by atoms with Crippen molar-refractivity contribution in [1.29, 1.82) is 0 Å². The Morgan fingerprint density at radius 1 is 1.31 bits per heavy atom. The van der Waals surface area contributed by atoms with E-state index in [1.807, 2.05) is 12.1 Å². The zero-order chi connectivity index (χ0) is 9.42. The van der Waals surface area contributed by atoms with E-state index in [9.17, 15) is 0 Å². The number of halogens is 2. The summed E-state index contributed by atoms with van der Waals surface area (Å²) in [6, 6.07) is 5.47. The van der Waals surface area contributed by atoms with Crippen LogP contribution in [-0.2, 0) is 6.61 Å². The average Bonchev–Trinajstić information content (AvgIpc) is 2.43. The van der Waals surface area contributed by atoms with Crippen LogP contribution in [0, 0.1) is 0 Å². The molecule has 2 aromatic rings. The van der Waals surface area contributed by atoms with E-state index in [1.54, 1.807) is 6.07 Å². The van der Waals surface area contributed by atoms with Gasteiger partial charge in [0.15, 0.2) is 0 Å². The minimum atomic E-state index is -0.0842. The van der Waals surface area contributed by atoms with Crippen molar-refractivity contribution in [2.75, 3.05) is 0 Å². The van der Waals surface area contributed by atoms with Crippen molar-refractivity contribution in [2.24, 2.45) is 0 Å². The van der Waals surface area contributed by atoms with Crippen LogP contribution in [-0.4, -0.2) is 10.1 Å². The van der Waals surface area contributed by atoms with Gasteiger partial charge < -0.3 is 10.1 Å². The molecule has 13 heavy (non-hydrogen) atoms. The first-order valence-electron chi connectivity index (χ1n) is 3.79. The summed E-state index contributed by atoms with van der Waals surface area (Å²) in [5.74, 6) is 0. The molecule has 0 saturated heterocycles. The first kappa shape index (κ1) is 8.88. The first-order valence-corrected chi connectivity index (χ1v) is 4.55. The average molecular weight is 216 g/mol. The summed E-state index contributed by atoms with van der Waals surface area (Å²) in [5.41, 5.74) is 1.47. The fourth-order valence-electron chi connectivity index (χ4n) is 1.36. The third-order valence-corrected chi connectivity index (χ3v) is 2.63. The number of aliphatic hydroxyl groups excluding tert-OH is 1. The number of benzene rings is 1. The van der Waals surface area contributed by atoms with Crippen LogP contribution in [0.1, 0.15) is 5.56 Å². The molecule has 1 aromatic carbocycles. The Morgan fingerprint density at radius 2 is 2.08 bits per heavy atom. The van der Waals surface area contributed by atoms with Crippen molar-refractivity contribution >= 4 is 34.1 Å². The zero-order valence-corrected chi connectivity index (χ0v) is 8.15. The minimum Gasteiger partial charge on any atom is -0.392 e. The van der Waals surface area contributed by atoms with Gasteiger partial charge in [0.1, 0.15) is 5.15 Å². The Kier molecular flexibility index (Phi) is 2.20. The summed E-state index contributed by atoms with van der Waals surface area (Å²) >= 11 is 11.8. The van der Waals surface area contributed by atoms with Crippen LogP contribution in [0.25, 0.3) is 10.9 Å². The number of aromatic nitrogens is 1. The molecule has 1 heterocycles. The van der Waals surface area contributed by atoms with Gasteiger partial charge in [-0.05, 0) is 6.07 Å². The molecule has 0 amide bonds. The number of H-pyrrole nitrogens is 1. The van der Waals surface area contributed by atoms with Crippen LogP contribution in [0.2, 0.25) is 10.2 Å². The molecular formula is C9H7Cl2NO. The molecule has 2 rings (SSSR count). The molecule has 0 aliphatic heterocycles. The summed E-state index contributed by atoms with van der Waals surface area (Å²) in [5, 5.41) is 11.0. The van der Waals surface area contributed by atoms with Crippen molar-refractivity contribution in [2.45, 2.75) is 6.61 Å². The molecule has 2 N–H and O–H groups in total. The largest absolute Gasteiger partial charge is 0.392 e. The van der Waals surface area contributed by atoms with Crippen molar-refractivity contribution in [1.82, 2.24) is 4.98 Å². The number of hydrogen-bond donors (Lipinski definition) is 2. The predicted octanol–water partition coefficient (Wildman–Crippen LogP) is 2.97. The van der Waals surface area contributed by atoms with E-state index in [0.29, 0.717) is 15.7 Å². The highest BCUT2D eigenvalue weighted by atomic mass is 35.5. The first-order chi connectivity index (χ1) is 6.24. The lowest BCUT2D eigenvalue weighted by Gasteiger charge is -1.94. The van der Waals surface area contributed by atoms with E-state index in [2.05, 4.69) is 4.98 Å². The molecule has 0 aliphatic carbocycles. The molecule has 0 aliphatic rings. The van der Waals surface area contributed by atoms with Gasteiger partial charge in [0.05, 0.1) is 17.1 Å². The predicted molar refractivity (Wildman–Crippen MR) is 54.2 cm³/mol. The van der Waals surface area contributed by atoms with E-state index >= 15 is 0 Å². The van der Waals surface area contributed by atoms with Crippen LogP contribution in [0.4, 0.5) is 0 Å². The maximum absolute atomic E-state index is 9.05. The monoisotopic (exact) mass is 215 g/mol. The lowest BCUT2D eigenvalue weighted by atomic mass is 10.2. The van der Waals surface area contributed by atoms with Gasteiger partial charge in [0, 0.05) is 10.9 Å². The fraction of sp³-hybridized carbons (Fsp3) is 0.111. The van der Waals surface area contributed by atoms with Crippen LogP contribution >= 0.6 is 23.2 Å². The van der Waals surface area contributed by atoms with E-state index in [4.69, 9.17) is 28.3 Å². The molecule has 0 fully saturated rings. The number of aromatic amines is 1. The molecule has 0 atom stereocenters. The quantitative estimate of drug-likeness (QED) is 0.755. The summed E-state index contributed by atoms with van der Waals surface area (Å²) in [6.07, 6.45) is 0. The summed E-state index contributed by atoms with van der Waals surface area (Å²) < 4.78 is 0. The molecule has 0 bridgehead atoms. The van der Waals surface area contributed by atoms with Crippen LogP contribution in [0.3, 0.4) is 0 Å². The topological polar surface area (TPSA) is 36.0 Å². The van der Waals surface area contributed by atoms with Crippen LogP contribution < -0.4 is 0 Å². The second-order valence-electron chi connectivity index (χ2n) is 2.74. The third kappa shape index (κ3) is 1.31. The van der Waals surface area contributed by atoms with Gasteiger partial charge in [-0.1, -0.05) is 35.3 Å². The number of fused-ring (bicyclic) bond motifs is 1. The Labute approximate surface area is 85.1 Å². The van der Waals surface area contributed by atoms with Gasteiger partial charge in [-0.3, -0.25) is 0 Å². The van der Waals surface area contributed by atoms with Gasteiger partial charge in [-0.2, -0.15) is 0 Å². The number of aliphatic hydroxyl groups is 1. The van der Waals surface area contributed by atoms with E-state index in [1.165, 1.54) is 0 Å². The highest BCUT2D eigenvalue weighted by Crippen LogP contribution is 2.30. The standard InChI is InChI=1S/C9H7Cl2NO/c10-7-3-1-2-5-6(4-13)9(11)12-8(5)7/h1-3,12-13H,4H2. The third-order valence-electron chi connectivity index (χ3n) is 2.00. The van der Waals surface area contributed by atoms with Gasteiger partial charge in [-0.25, -0.2) is 0 Å². The molecule has 0 spiro atoms. The van der Waals surface area contributed by atoms with Crippen molar-refractivity contribution in [3.8, 4) is 0 Å². The number of para-hydroxylation sites is 1. The number of hydrogen-bond acceptors (Lipinski definition) is 1. The normalized spacial score (nSPS) is 11.0. The summed E-state index contributed by atoms with van der Waals surface area (Å²) in [6.45, 7) is -0.0842. The SMILES string of the molecule is OCc1c(Cl)[nH]c2c(Cl)cccc12. The maximum atomic E-state index is 9.05. The van der Waals surface area contributed by atoms with Crippen molar-refractivity contribution < 1.29 is 5.11 Å². The highest BCUT2D eigenvalue weighted by Gasteiger charge is 2.09. The molecule has 0 saturated carbocycles. The van der Waals surface area contributed by atoms with Gasteiger partial charge in [0.2, 0.25) is 0 Å². The number of rotatable bonds is 1. The molecule has 1 aromatic heterocycles. The van der Waals surface area contributed by atoms with E-state index < -0.39 is 0 Å². The Balaban J connectivity index is 2.86. The second kappa shape index (κ2) is 3.22. The maximum Gasteiger partial charge on any atom is 0.112 e. The lowest BCUT2D eigenvalue weighted by Crippen LogP contribution is -1.79. The summed E-state index contributed by atoms with van der Waals surface area (Å²) in [4.78, 5) is 2.92. The molecular weight excluding hydrogens is 209 g/mol. The van der Waals surface area contributed by atoms with Crippen LogP contribution in [0.15, 0.2) is 18.2 Å². The summed E-state index contributed by atoms with van der Waals surface area (Å²) in [7, 11) is 0. The Hall–Kier alpha value is -0.700. The van der Waals surface area contributed by atoms with E-state index in [0.717, 1.165) is 10.9 Å². The van der Waals surface area contributed by atoms with Gasteiger partial charge in [0.25, 0.3) is 0 Å². The number of nitrogens with one attached hydrogen (secondary N) is 1. The smallest absolute Gasteiger partial charge is 0.112 e. The van der Waals surface area contributed by atoms with Crippen LogP contribution in [0.5, 0.6) is 0 Å². The molecule has 2 nitrogen and oxygen atoms in total. The molecule has 0 radical (unpaired) electrons. The van der Waals surface area contributed by atoms with Gasteiger partial charge in [-0.15, -0.1) is 0 Å². The molecule has 4 heteroatoms. The van der Waals surface area contributed by atoms with Crippen molar-refractivity contribution in [3.05, 3.63) is 33.9 Å². The second-order valence-corrected chi connectivity index (χ2v) is 3.52. The van der Waals surface area contributed by atoms with E-state index in [-0.39, 0.29) is 6.61 Å². The Bertz CT molecular complexity index is 450. The highest BCUT2D eigenvalue weighted by molar-refractivity contribution is 6.37. The van der Waals surface area contributed by atoms with Gasteiger partial charge >= 0.3 is 0 Å². The van der Waals surface area contributed by atoms with Crippen molar-refractivity contribution in [3.63, 3.8) is 0 Å². The molecule has 0 unspecified atom stereocenters. The fourth-order valence-corrected chi connectivity index (χ4v) is 1.84. The zero-order valence-electron chi connectivity index (χ0n) is 6.64. The Morgan fingerprint density at radius 3 is 2.77 bits per heavy atom. The lowest BCUT2D eigenvalue weighted by molar-refractivity contribution is 0.283. The minimum absolute atomic E-state index is 0.0842.